The summed E-state index contributed by atoms with van der Waals surface area (Å²) in [7, 11) is 0. The first-order valence-electron chi connectivity index (χ1n) is 5.90. The lowest BCUT2D eigenvalue weighted by atomic mass is 10.1. The van der Waals surface area contributed by atoms with Gasteiger partial charge in [-0.05, 0) is 20.3 Å². The summed E-state index contributed by atoms with van der Waals surface area (Å²) in [4.78, 5) is 15.7. The lowest BCUT2D eigenvalue weighted by Gasteiger charge is -2.18. The van der Waals surface area contributed by atoms with Crippen molar-refractivity contribution in [3.63, 3.8) is 0 Å². The predicted molar refractivity (Wildman–Crippen MR) is 64.1 cm³/mol. The van der Waals surface area contributed by atoms with Gasteiger partial charge in [0.1, 0.15) is 0 Å². The molecule has 0 radical (unpaired) electrons. The van der Waals surface area contributed by atoms with E-state index in [0.29, 0.717) is 6.42 Å². The molecule has 1 atom stereocenters. The molecule has 1 heterocycles. The Morgan fingerprint density at radius 1 is 1.50 bits per heavy atom. The van der Waals surface area contributed by atoms with Gasteiger partial charge in [0.15, 0.2) is 0 Å². The predicted octanol–water partition coefficient (Wildman–Crippen LogP) is 2.14. The Morgan fingerprint density at radius 2 is 2.25 bits per heavy atom. The lowest BCUT2D eigenvalue weighted by molar-refractivity contribution is -0.122. The highest BCUT2D eigenvalue weighted by atomic mass is 16.1. The molecule has 0 saturated carbocycles. The van der Waals surface area contributed by atoms with Crippen molar-refractivity contribution >= 4 is 5.91 Å². The highest BCUT2D eigenvalue weighted by Gasteiger charge is 2.14. The van der Waals surface area contributed by atoms with Crippen LogP contribution in [0.15, 0.2) is 18.7 Å². The Hall–Kier alpha value is -1.32. The molecule has 4 heteroatoms. The fourth-order valence-corrected chi connectivity index (χ4v) is 1.77. The van der Waals surface area contributed by atoms with Crippen LogP contribution < -0.4 is 5.32 Å². The normalized spacial score (nSPS) is 12.8. The van der Waals surface area contributed by atoms with Gasteiger partial charge in [-0.25, -0.2) is 4.98 Å². The largest absolute Gasteiger partial charge is 0.354 e. The third-order valence-corrected chi connectivity index (χ3v) is 2.44. The minimum atomic E-state index is 0.113. The van der Waals surface area contributed by atoms with Gasteiger partial charge in [0.2, 0.25) is 5.91 Å². The van der Waals surface area contributed by atoms with Crippen LogP contribution in [0.3, 0.4) is 0 Å². The summed E-state index contributed by atoms with van der Waals surface area (Å²) in [6.45, 7) is 6.08. The lowest BCUT2D eigenvalue weighted by Crippen LogP contribution is -2.31. The molecule has 0 saturated heterocycles. The molecule has 16 heavy (non-hydrogen) atoms. The summed E-state index contributed by atoms with van der Waals surface area (Å²) in [6.07, 6.45) is 8.05. The molecule has 0 aliphatic rings. The zero-order chi connectivity index (χ0) is 12.0. The average molecular weight is 223 g/mol. The number of hydrogen-bond donors (Lipinski definition) is 1. The van der Waals surface area contributed by atoms with Crippen LogP contribution in [0, 0.1) is 0 Å². The van der Waals surface area contributed by atoms with Gasteiger partial charge in [-0.3, -0.25) is 4.79 Å². The summed E-state index contributed by atoms with van der Waals surface area (Å²) in [5, 5.41) is 2.92. The van der Waals surface area contributed by atoms with Crippen LogP contribution >= 0.6 is 0 Å². The minimum Gasteiger partial charge on any atom is -0.354 e. The van der Waals surface area contributed by atoms with Crippen molar-refractivity contribution in [2.75, 3.05) is 0 Å². The summed E-state index contributed by atoms with van der Waals surface area (Å²) < 4.78 is 2.02. The molecule has 0 spiro atoms. The van der Waals surface area contributed by atoms with Crippen molar-refractivity contribution in [1.29, 1.82) is 0 Å². The van der Waals surface area contributed by atoms with Crippen molar-refractivity contribution < 1.29 is 4.79 Å². The molecule has 1 aromatic rings. The standard InChI is InChI=1S/C12H21N3O/c1-4-5-11(15-7-6-13-9-15)8-12(16)14-10(2)3/h6-7,9-11H,4-5,8H2,1-3H3,(H,14,16). The van der Waals surface area contributed by atoms with Crippen LogP contribution in [0.5, 0.6) is 0 Å². The zero-order valence-electron chi connectivity index (χ0n) is 10.3. The maximum atomic E-state index is 11.7. The number of amides is 1. The number of carbonyl (C=O) groups is 1. The smallest absolute Gasteiger partial charge is 0.222 e. The van der Waals surface area contributed by atoms with Gasteiger partial charge in [-0.15, -0.1) is 0 Å². The molecule has 0 aromatic carbocycles. The van der Waals surface area contributed by atoms with E-state index in [2.05, 4.69) is 17.2 Å². The first-order chi connectivity index (χ1) is 7.63. The number of hydrogen-bond acceptors (Lipinski definition) is 2. The van der Waals surface area contributed by atoms with Gasteiger partial charge in [-0.2, -0.15) is 0 Å². The van der Waals surface area contributed by atoms with Crippen LogP contribution in [-0.2, 0) is 4.79 Å². The van der Waals surface area contributed by atoms with Crippen LogP contribution in [0.4, 0.5) is 0 Å². The molecular formula is C12H21N3O. The molecule has 0 fully saturated rings. The average Bonchev–Trinajstić information content (AvgIpc) is 2.68. The van der Waals surface area contributed by atoms with E-state index in [1.807, 2.05) is 24.6 Å². The zero-order valence-corrected chi connectivity index (χ0v) is 10.3. The van der Waals surface area contributed by atoms with Crippen LogP contribution in [0.1, 0.15) is 46.1 Å². The fourth-order valence-electron chi connectivity index (χ4n) is 1.77. The Bertz CT molecular complexity index is 306. The summed E-state index contributed by atoms with van der Waals surface area (Å²) in [5.41, 5.74) is 0. The Labute approximate surface area is 97.1 Å². The highest BCUT2D eigenvalue weighted by Crippen LogP contribution is 2.17. The van der Waals surface area contributed by atoms with E-state index in [1.165, 1.54) is 0 Å². The third-order valence-electron chi connectivity index (χ3n) is 2.44. The van der Waals surface area contributed by atoms with Crippen molar-refractivity contribution in [3.05, 3.63) is 18.7 Å². The number of imidazole rings is 1. The van der Waals surface area contributed by atoms with Crippen LogP contribution in [-0.4, -0.2) is 21.5 Å². The van der Waals surface area contributed by atoms with E-state index in [4.69, 9.17) is 0 Å². The molecule has 4 nitrogen and oxygen atoms in total. The second-order valence-electron chi connectivity index (χ2n) is 4.38. The number of aromatic nitrogens is 2. The van der Waals surface area contributed by atoms with E-state index < -0.39 is 0 Å². The van der Waals surface area contributed by atoms with Crippen molar-refractivity contribution in [2.24, 2.45) is 0 Å². The topological polar surface area (TPSA) is 46.9 Å². The molecule has 1 amide bonds. The molecule has 1 aromatic heterocycles. The van der Waals surface area contributed by atoms with Crippen molar-refractivity contribution in [3.8, 4) is 0 Å². The van der Waals surface area contributed by atoms with Gasteiger partial charge in [-0.1, -0.05) is 13.3 Å². The Morgan fingerprint density at radius 3 is 2.75 bits per heavy atom. The molecule has 0 bridgehead atoms. The summed E-state index contributed by atoms with van der Waals surface area (Å²) >= 11 is 0. The summed E-state index contributed by atoms with van der Waals surface area (Å²) in [6, 6.07) is 0.434. The molecule has 0 aliphatic carbocycles. The molecule has 90 valence electrons. The van der Waals surface area contributed by atoms with Crippen LogP contribution in [0.25, 0.3) is 0 Å². The number of rotatable bonds is 6. The second-order valence-corrected chi connectivity index (χ2v) is 4.38. The Balaban J connectivity index is 2.55. The van der Waals surface area contributed by atoms with E-state index in [9.17, 15) is 4.79 Å². The molecule has 1 unspecified atom stereocenters. The molecule has 0 aliphatic heterocycles. The molecule has 1 rings (SSSR count). The van der Waals surface area contributed by atoms with Gasteiger partial charge in [0, 0.05) is 30.9 Å². The van der Waals surface area contributed by atoms with E-state index in [1.54, 1.807) is 12.5 Å². The summed E-state index contributed by atoms with van der Waals surface area (Å²) in [5.74, 6) is 0.113. The first-order valence-corrected chi connectivity index (χ1v) is 5.90. The maximum Gasteiger partial charge on any atom is 0.222 e. The van der Waals surface area contributed by atoms with Gasteiger partial charge in [0.25, 0.3) is 0 Å². The van der Waals surface area contributed by atoms with Crippen molar-refractivity contribution in [1.82, 2.24) is 14.9 Å². The highest BCUT2D eigenvalue weighted by molar-refractivity contribution is 5.76. The van der Waals surface area contributed by atoms with E-state index in [-0.39, 0.29) is 18.0 Å². The Kier molecular flexibility index (Phi) is 5.02. The van der Waals surface area contributed by atoms with E-state index >= 15 is 0 Å². The molecular weight excluding hydrogens is 202 g/mol. The van der Waals surface area contributed by atoms with Crippen molar-refractivity contribution in [2.45, 2.75) is 52.1 Å². The van der Waals surface area contributed by atoms with Crippen LogP contribution in [0.2, 0.25) is 0 Å². The van der Waals surface area contributed by atoms with Gasteiger partial charge >= 0.3 is 0 Å². The number of nitrogens with one attached hydrogen (secondary N) is 1. The number of carbonyl (C=O) groups excluding carboxylic acids is 1. The van der Waals surface area contributed by atoms with Gasteiger partial charge < -0.3 is 9.88 Å². The third kappa shape index (κ3) is 4.04. The second kappa shape index (κ2) is 6.30. The monoisotopic (exact) mass is 223 g/mol. The van der Waals surface area contributed by atoms with E-state index in [0.717, 1.165) is 12.8 Å². The minimum absolute atomic E-state index is 0.113. The SMILES string of the molecule is CCCC(CC(=O)NC(C)C)n1ccnc1. The fraction of sp³-hybridized carbons (Fsp3) is 0.667. The quantitative estimate of drug-likeness (QED) is 0.803. The maximum absolute atomic E-state index is 11.7. The van der Waals surface area contributed by atoms with Gasteiger partial charge in [0.05, 0.1) is 6.33 Å². The molecule has 1 N–H and O–H groups in total. The number of nitrogens with zero attached hydrogens (tertiary/aromatic N) is 2. The first kappa shape index (κ1) is 12.7.